The minimum atomic E-state index is -0.715. The Kier molecular flexibility index (Phi) is 5.08. The third-order valence-electron chi connectivity index (χ3n) is 4.55. The molecule has 1 heterocycles. The van der Waals surface area contributed by atoms with Gasteiger partial charge in [-0.2, -0.15) is 10.1 Å². The van der Waals surface area contributed by atoms with Gasteiger partial charge in [-0.05, 0) is 41.0 Å². The van der Waals surface area contributed by atoms with E-state index >= 15 is 0 Å². The highest BCUT2D eigenvalue weighted by Crippen LogP contribution is 2.29. The number of aliphatic imine (C=N–C) groups is 2. The Morgan fingerprint density at radius 3 is 2.44 bits per heavy atom. The number of fused-ring (bicyclic) bond motifs is 3. The molecule has 1 aliphatic heterocycles. The van der Waals surface area contributed by atoms with Gasteiger partial charge in [-0.3, -0.25) is 4.84 Å². The number of hydroxylamine groups is 2. The van der Waals surface area contributed by atoms with Crippen molar-refractivity contribution in [2.24, 2.45) is 21.5 Å². The highest BCUT2D eigenvalue weighted by molar-refractivity contribution is 8.93. The third kappa shape index (κ3) is 3.48. The molecule has 0 spiro atoms. The van der Waals surface area contributed by atoms with Crippen molar-refractivity contribution >= 4 is 50.4 Å². The summed E-state index contributed by atoms with van der Waals surface area (Å²) >= 11 is 0. The minimum Gasteiger partial charge on any atom is -0.368 e. The second-order valence-corrected chi connectivity index (χ2v) is 6.80. The number of hydrogen-bond donors (Lipinski definition) is 2. The lowest BCUT2D eigenvalue weighted by Gasteiger charge is -2.36. The van der Waals surface area contributed by atoms with E-state index < -0.39 is 5.66 Å². The average Bonchev–Trinajstić information content (AvgIpc) is 2.60. The van der Waals surface area contributed by atoms with Crippen LogP contribution in [0.5, 0.6) is 0 Å². The molecule has 0 aromatic heterocycles. The summed E-state index contributed by atoms with van der Waals surface area (Å²) in [5.41, 5.74) is 12.0. The molecule has 0 saturated heterocycles. The van der Waals surface area contributed by atoms with Crippen LogP contribution < -0.4 is 11.5 Å². The molecule has 0 atom stereocenters. The number of rotatable bonds is 3. The Labute approximate surface area is 168 Å². The van der Waals surface area contributed by atoms with Crippen LogP contribution in [0.1, 0.15) is 19.4 Å². The molecular formula is C20H22BrN5O. The molecule has 0 amide bonds. The molecule has 3 aromatic carbocycles. The van der Waals surface area contributed by atoms with Crippen LogP contribution in [0.2, 0.25) is 0 Å². The number of guanidine groups is 2. The Bertz CT molecular complexity index is 1060. The SMILES string of the molecule is Br.CC1(C)N=C(N)N=C(N)N1OCc1cccc2c1ccc1ccccc12. The highest BCUT2D eigenvalue weighted by Gasteiger charge is 2.33. The van der Waals surface area contributed by atoms with E-state index in [4.69, 9.17) is 16.3 Å². The van der Waals surface area contributed by atoms with Crippen LogP contribution in [0.3, 0.4) is 0 Å². The van der Waals surface area contributed by atoms with Gasteiger partial charge in [0.2, 0.25) is 11.9 Å². The van der Waals surface area contributed by atoms with Crippen LogP contribution in [-0.4, -0.2) is 22.6 Å². The van der Waals surface area contributed by atoms with Crippen LogP contribution in [0.15, 0.2) is 64.6 Å². The molecule has 1 aliphatic rings. The van der Waals surface area contributed by atoms with E-state index in [9.17, 15) is 0 Å². The monoisotopic (exact) mass is 427 g/mol. The Hall–Kier alpha value is -2.64. The first-order chi connectivity index (χ1) is 12.5. The van der Waals surface area contributed by atoms with Gasteiger partial charge in [-0.1, -0.05) is 54.6 Å². The van der Waals surface area contributed by atoms with Gasteiger partial charge in [-0.15, -0.1) is 17.0 Å². The van der Waals surface area contributed by atoms with Gasteiger partial charge in [0.25, 0.3) is 0 Å². The van der Waals surface area contributed by atoms with Crippen molar-refractivity contribution in [1.82, 2.24) is 5.06 Å². The number of benzene rings is 3. The molecule has 0 fully saturated rings. The normalized spacial score (nSPS) is 16.0. The van der Waals surface area contributed by atoms with Crippen LogP contribution in [0.25, 0.3) is 21.5 Å². The molecule has 3 aromatic rings. The van der Waals surface area contributed by atoms with Crippen molar-refractivity contribution in [3.63, 3.8) is 0 Å². The van der Waals surface area contributed by atoms with Gasteiger partial charge >= 0.3 is 0 Å². The van der Waals surface area contributed by atoms with E-state index in [-0.39, 0.29) is 28.9 Å². The van der Waals surface area contributed by atoms with Gasteiger partial charge < -0.3 is 11.5 Å². The molecule has 27 heavy (non-hydrogen) atoms. The summed E-state index contributed by atoms with van der Waals surface area (Å²) in [4.78, 5) is 14.3. The van der Waals surface area contributed by atoms with E-state index in [1.54, 1.807) is 0 Å². The van der Waals surface area contributed by atoms with Crippen molar-refractivity contribution in [1.29, 1.82) is 0 Å². The van der Waals surface area contributed by atoms with E-state index in [1.165, 1.54) is 21.2 Å². The summed E-state index contributed by atoms with van der Waals surface area (Å²) in [6.07, 6.45) is 0. The molecule has 0 radical (unpaired) electrons. The van der Waals surface area contributed by atoms with E-state index in [2.05, 4.69) is 52.4 Å². The Balaban J connectivity index is 0.00000210. The maximum atomic E-state index is 5.99. The second-order valence-electron chi connectivity index (χ2n) is 6.80. The number of nitrogens with two attached hydrogens (primary N) is 2. The van der Waals surface area contributed by atoms with Crippen molar-refractivity contribution in [3.8, 4) is 0 Å². The Morgan fingerprint density at radius 2 is 1.67 bits per heavy atom. The Morgan fingerprint density at radius 1 is 0.926 bits per heavy atom. The molecule has 0 unspecified atom stereocenters. The lowest BCUT2D eigenvalue weighted by molar-refractivity contribution is -0.166. The predicted molar refractivity (Wildman–Crippen MR) is 116 cm³/mol. The fraction of sp³-hybridized carbons (Fsp3) is 0.200. The first-order valence-corrected chi connectivity index (χ1v) is 8.48. The second kappa shape index (κ2) is 7.17. The zero-order chi connectivity index (χ0) is 18.3. The maximum absolute atomic E-state index is 5.99. The summed E-state index contributed by atoms with van der Waals surface area (Å²) in [7, 11) is 0. The summed E-state index contributed by atoms with van der Waals surface area (Å²) in [5.74, 6) is 0.358. The number of nitrogens with zero attached hydrogens (tertiary/aromatic N) is 3. The predicted octanol–water partition coefficient (Wildman–Crippen LogP) is 3.68. The molecule has 4 rings (SSSR count). The van der Waals surface area contributed by atoms with Crippen LogP contribution in [0.4, 0.5) is 0 Å². The first kappa shape index (κ1) is 19.1. The molecule has 140 valence electrons. The molecule has 6 nitrogen and oxygen atoms in total. The lowest BCUT2D eigenvalue weighted by Crippen LogP contribution is -2.53. The lowest BCUT2D eigenvalue weighted by atomic mass is 9.99. The highest BCUT2D eigenvalue weighted by atomic mass is 79.9. The van der Waals surface area contributed by atoms with Crippen LogP contribution >= 0.6 is 17.0 Å². The van der Waals surface area contributed by atoms with Crippen LogP contribution in [0, 0.1) is 0 Å². The van der Waals surface area contributed by atoms with Gasteiger partial charge in [0.15, 0.2) is 5.66 Å². The quantitative estimate of drug-likeness (QED) is 0.623. The van der Waals surface area contributed by atoms with Crippen molar-refractivity contribution in [2.75, 3.05) is 0 Å². The van der Waals surface area contributed by atoms with Gasteiger partial charge in [0, 0.05) is 0 Å². The molecule has 7 heteroatoms. The minimum absolute atomic E-state index is 0. The van der Waals surface area contributed by atoms with Gasteiger partial charge in [0.1, 0.15) is 6.61 Å². The summed E-state index contributed by atoms with van der Waals surface area (Å²) in [6.45, 7) is 4.10. The standard InChI is InChI=1S/C20H21N5O.BrH/c1-20(2)24-18(21)23-19(22)25(20)26-12-14-7-5-9-17-15-8-4-3-6-13(15)10-11-16(14)17;/h3-11H,12H2,1-2H3,(H4,21,22,23,24);1H. The zero-order valence-electron chi connectivity index (χ0n) is 15.2. The fourth-order valence-electron chi connectivity index (χ4n) is 3.38. The largest absolute Gasteiger partial charge is 0.368 e. The fourth-order valence-corrected chi connectivity index (χ4v) is 3.38. The summed E-state index contributed by atoms with van der Waals surface area (Å²) in [5, 5.41) is 6.30. The topological polar surface area (TPSA) is 89.2 Å². The van der Waals surface area contributed by atoms with Gasteiger partial charge in [0.05, 0.1) is 0 Å². The number of halogens is 1. The van der Waals surface area contributed by atoms with Crippen molar-refractivity contribution < 1.29 is 4.84 Å². The van der Waals surface area contributed by atoms with Crippen molar-refractivity contribution in [3.05, 3.63) is 60.2 Å². The molecule has 0 bridgehead atoms. The van der Waals surface area contributed by atoms with E-state index in [0.29, 0.717) is 6.61 Å². The molecule has 0 saturated carbocycles. The first-order valence-electron chi connectivity index (χ1n) is 8.48. The average molecular weight is 428 g/mol. The van der Waals surface area contributed by atoms with Crippen molar-refractivity contribution in [2.45, 2.75) is 26.1 Å². The molecule has 0 aliphatic carbocycles. The van der Waals surface area contributed by atoms with Crippen LogP contribution in [-0.2, 0) is 11.4 Å². The van der Waals surface area contributed by atoms with E-state index in [0.717, 1.165) is 10.9 Å². The summed E-state index contributed by atoms with van der Waals surface area (Å²) in [6, 6.07) is 18.9. The third-order valence-corrected chi connectivity index (χ3v) is 4.55. The number of hydrogen-bond acceptors (Lipinski definition) is 6. The van der Waals surface area contributed by atoms with E-state index in [1.807, 2.05) is 26.0 Å². The van der Waals surface area contributed by atoms with Gasteiger partial charge in [-0.25, -0.2) is 4.99 Å². The smallest absolute Gasteiger partial charge is 0.226 e. The summed E-state index contributed by atoms with van der Waals surface area (Å²) < 4.78 is 0. The zero-order valence-corrected chi connectivity index (χ0v) is 16.9. The maximum Gasteiger partial charge on any atom is 0.226 e. The molecular weight excluding hydrogens is 406 g/mol. The molecule has 4 N–H and O–H groups in total.